The van der Waals surface area contributed by atoms with Crippen LogP contribution in [0, 0.1) is 5.82 Å². The van der Waals surface area contributed by atoms with Gasteiger partial charge in [0.15, 0.2) is 5.16 Å². The molecule has 8 heteroatoms. The second kappa shape index (κ2) is 10.1. The van der Waals surface area contributed by atoms with E-state index < -0.39 is 5.25 Å². The van der Waals surface area contributed by atoms with Crippen LogP contribution in [0.15, 0.2) is 82.7 Å². The Morgan fingerprint density at radius 3 is 2.53 bits per heavy atom. The maximum atomic E-state index is 13.4. The van der Waals surface area contributed by atoms with Gasteiger partial charge in [-0.15, -0.1) is 0 Å². The summed E-state index contributed by atoms with van der Waals surface area (Å²) in [6.45, 7) is 3.59. The molecule has 34 heavy (non-hydrogen) atoms. The number of fused-ring (bicyclic) bond motifs is 1. The molecular formula is C26H24FN3O3S. The van der Waals surface area contributed by atoms with E-state index in [-0.39, 0.29) is 23.3 Å². The molecular weight excluding hydrogens is 453 g/mol. The third-order valence-electron chi connectivity index (χ3n) is 5.44. The van der Waals surface area contributed by atoms with Gasteiger partial charge in [0.25, 0.3) is 5.56 Å². The fraction of sp³-hybridized carbons (Fsp3) is 0.192. The van der Waals surface area contributed by atoms with Crippen LogP contribution in [0.4, 0.5) is 4.39 Å². The second-order valence-corrected chi connectivity index (χ2v) is 9.10. The highest BCUT2D eigenvalue weighted by atomic mass is 32.2. The van der Waals surface area contributed by atoms with Crippen LogP contribution in [0.3, 0.4) is 0 Å². The number of aromatic nitrogens is 2. The monoisotopic (exact) mass is 477 g/mol. The smallest absolute Gasteiger partial charge is 0.266 e. The van der Waals surface area contributed by atoms with Gasteiger partial charge in [0.1, 0.15) is 11.6 Å². The summed E-state index contributed by atoms with van der Waals surface area (Å²) < 4.78 is 20.0. The molecule has 0 bridgehead atoms. The molecule has 0 spiro atoms. The molecule has 0 radical (unpaired) electrons. The van der Waals surface area contributed by atoms with Crippen LogP contribution in [-0.2, 0) is 4.79 Å². The number of benzene rings is 3. The van der Waals surface area contributed by atoms with E-state index in [1.807, 2.05) is 13.0 Å². The summed E-state index contributed by atoms with van der Waals surface area (Å²) in [5.74, 6) is 0.0536. The van der Waals surface area contributed by atoms with Crippen LogP contribution in [-0.4, -0.2) is 27.8 Å². The van der Waals surface area contributed by atoms with Crippen LogP contribution < -0.4 is 15.6 Å². The molecule has 0 fully saturated rings. The zero-order valence-corrected chi connectivity index (χ0v) is 19.8. The van der Waals surface area contributed by atoms with Gasteiger partial charge in [-0.2, -0.15) is 0 Å². The summed E-state index contributed by atoms with van der Waals surface area (Å²) in [7, 11) is 1.56. The molecule has 0 aliphatic carbocycles. The number of hydrogen-bond donors (Lipinski definition) is 1. The molecule has 2 unspecified atom stereocenters. The fourth-order valence-electron chi connectivity index (χ4n) is 3.55. The zero-order valence-electron chi connectivity index (χ0n) is 19.0. The predicted octanol–water partition coefficient (Wildman–Crippen LogP) is 4.89. The topological polar surface area (TPSA) is 73.2 Å². The Bertz CT molecular complexity index is 1390. The molecule has 2 atom stereocenters. The second-order valence-electron chi connectivity index (χ2n) is 7.80. The number of thioether (sulfide) groups is 1. The van der Waals surface area contributed by atoms with Crippen molar-refractivity contribution in [3.63, 3.8) is 0 Å². The van der Waals surface area contributed by atoms with Gasteiger partial charge >= 0.3 is 0 Å². The zero-order chi connectivity index (χ0) is 24.2. The van der Waals surface area contributed by atoms with Gasteiger partial charge in [-0.25, -0.2) is 9.37 Å². The van der Waals surface area contributed by atoms with E-state index >= 15 is 0 Å². The number of amides is 1. The highest BCUT2D eigenvalue weighted by Gasteiger charge is 2.22. The number of nitrogens with one attached hydrogen (secondary N) is 1. The maximum Gasteiger partial charge on any atom is 0.266 e. The summed E-state index contributed by atoms with van der Waals surface area (Å²) in [5, 5.41) is 3.28. The molecule has 6 nitrogen and oxygen atoms in total. The minimum atomic E-state index is -0.548. The molecule has 0 aliphatic heterocycles. The number of methoxy groups -OCH3 is 1. The molecule has 4 rings (SSSR count). The van der Waals surface area contributed by atoms with Crippen LogP contribution in [0.25, 0.3) is 16.6 Å². The van der Waals surface area contributed by atoms with Crippen LogP contribution in [0.5, 0.6) is 5.75 Å². The third kappa shape index (κ3) is 4.97. The van der Waals surface area contributed by atoms with Crippen molar-refractivity contribution in [2.45, 2.75) is 30.3 Å². The van der Waals surface area contributed by atoms with Gasteiger partial charge in [0, 0.05) is 6.07 Å². The number of carbonyl (C=O) groups excluding carboxylic acids is 1. The highest BCUT2D eigenvalue weighted by molar-refractivity contribution is 8.00. The van der Waals surface area contributed by atoms with Crippen molar-refractivity contribution < 1.29 is 13.9 Å². The van der Waals surface area contributed by atoms with E-state index in [9.17, 15) is 14.0 Å². The van der Waals surface area contributed by atoms with Crippen molar-refractivity contribution in [3.05, 3.63) is 94.5 Å². The first-order valence-corrected chi connectivity index (χ1v) is 11.6. The third-order valence-corrected chi connectivity index (χ3v) is 6.49. The minimum Gasteiger partial charge on any atom is -0.497 e. The van der Waals surface area contributed by atoms with Crippen molar-refractivity contribution in [2.24, 2.45) is 0 Å². The Hall–Kier alpha value is -3.65. The Kier molecular flexibility index (Phi) is 6.98. The van der Waals surface area contributed by atoms with E-state index in [4.69, 9.17) is 9.72 Å². The molecule has 1 heterocycles. The molecule has 0 aliphatic rings. The van der Waals surface area contributed by atoms with Crippen LogP contribution in [0.2, 0.25) is 0 Å². The molecule has 0 saturated heterocycles. The molecule has 1 amide bonds. The van der Waals surface area contributed by atoms with E-state index in [2.05, 4.69) is 5.32 Å². The number of rotatable bonds is 7. The number of para-hydroxylation sites is 1. The first-order chi connectivity index (χ1) is 16.4. The first kappa shape index (κ1) is 23.5. The van der Waals surface area contributed by atoms with Gasteiger partial charge < -0.3 is 10.1 Å². The van der Waals surface area contributed by atoms with Crippen molar-refractivity contribution in [2.75, 3.05) is 7.11 Å². The first-order valence-electron chi connectivity index (χ1n) is 10.8. The SMILES string of the molecule is COc1cccc(-n2c(SC(C)C(=O)NC(C)c3ccc(F)cc3)nc3ccccc3c2=O)c1. The molecule has 4 aromatic rings. The normalized spacial score (nSPS) is 12.8. The van der Waals surface area contributed by atoms with E-state index in [1.54, 1.807) is 68.6 Å². The maximum absolute atomic E-state index is 13.4. The molecule has 174 valence electrons. The summed E-state index contributed by atoms with van der Waals surface area (Å²) in [6, 6.07) is 20.0. The van der Waals surface area contributed by atoms with Crippen LogP contribution in [0.1, 0.15) is 25.5 Å². The average molecular weight is 478 g/mol. The molecule has 1 N–H and O–H groups in total. The molecule has 0 saturated carbocycles. The fourth-order valence-corrected chi connectivity index (χ4v) is 4.48. The molecule has 3 aromatic carbocycles. The summed E-state index contributed by atoms with van der Waals surface area (Å²) in [5.41, 5.74) is 1.72. The lowest BCUT2D eigenvalue weighted by Crippen LogP contribution is -2.33. The summed E-state index contributed by atoms with van der Waals surface area (Å²) in [4.78, 5) is 31.1. The quantitative estimate of drug-likeness (QED) is 0.303. The number of halogens is 1. The largest absolute Gasteiger partial charge is 0.497 e. The Morgan fingerprint density at radius 1 is 1.06 bits per heavy atom. The van der Waals surface area contributed by atoms with E-state index in [0.717, 1.165) is 5.56 Å². The Balaban J connectivity index is 1.66. The Labute approximate surface area is 200 Å². The Morgan fingerprint density at radius 2 is 1.79 bits per heavy atom. The summed E-state index contributed by atoms with van der Waals surface area (Å²) in [6.07, 6.45) is 0. The lowest BCUT2D eigenvalue weighted by Gasteiger charge is -2.19. The lowest BCUT2D eigenvalue weighted by molar-refractivity contribution is -0.120. The van der Waals surface area contributed by atoms with Crippen molar-refractivity contribution in [1.29, 1.82) is 0 Å². The highest BCUT2D eigenvalue weighted by Crippen LogP contribution is 2.27. The van der Waals surface area contributed by atoms with Gasteiger partial charge in [-0.3, -0.25) is 14.2 Å². The minimum absolute atomic E-state index is 0.221. The number of hydrogen-bond acceptors (Lipinski definition) is 5. The number of carbonyl (C=O) groups is 1. The van der Waals surface area contributed by atoms with Crippen molar-refractivity contribution in [1.82, 2.24) is 14.9 Å². The van der Waals surface area contributed by atoms with E-state index in [0.29, 0.717) is 27.5 Å². The van der Waals surface area contributed by atoms with Crippen LogP contribution >= 0.6 is 11.8 Å². The number of ether oxygens (including phenoxy) is 1. The average Bonchev–Trinajstić information content (AvgIpc) is 2.84. The van der Waals surface area contributed by atoms with Gasteiger partial charge in [0.2, 0.25) is 5.91 Å². The van der Waals surface area contributed by atoms with Crippen molar-refractivity contribution in [3.8, 4) is 11.4 Å². The number of nitrogens with zero attached hydrogens (tertiary/aromatic N) is 2. The van der Waals surface area contributed by atoms with Gasteiger partial charge in [-0.1, -0.05) is 42.1 Å². The standard InChI is InChI=1S/C26H24FN3O3S/c1-16(18-11-13-19(27)14-12-18)28-24(31)17(2)34-26-29-23-10-5-4-9-22(23)25(32)30(26)20-7-6-8-21(15-20)33-3/h4-17H,1-3H3,(H,28,31). The molecule has 1 aromatic heterocycles. The predicted molar refractivity (Wildman–Crippen MR) is 132 cm³/mol. The summed E-state index contributed by atoms with van der Waals surface area (Å²) >= 11 is 1.19. The van der Waals surface area contributed by atoms with E-state index in [1.165, 1.54) is 28.5 Å². The van der Waals surface area contributed by atoms with Crippen molar-refractivity contribution >= 4 is 28.6 Å². The lowest BCUT2D eigenvalue weighted by atomic mass is 10.1. The van der Waals surface area contributed by atoms with Gasteiger partial charge in [0.05, 0.1) is 35.0 Å². The van der Waals surface area contributed by atoms with Gasteiger partial charge in [-0.05, 0) is 55.8 Å².